The lowest BCUT2D eigenvalue weighted by atomic mass is 10.5. The second-order valence-electron chi connectivity index (χ2n) is 2.23. The van der Waals surface area contributed by atoms with Gasteiger partial charge in [-0.1, -0.05) is 6.92 Å². The first-order chi connectivity index (χ1) is 6.16. The van der Waals surface area contributed by atoms with Crippen molar-refractivity contribution in [1.29, 1.82) is 0 Å². The zero-order chi connectivity index (χ0) is 10.9. The van der Waals surface area contributed by atoms with Crippen LogP contribution in [0.25, 0.3) is 0 Å². The summed E-state index contributed by atoms with van der Waals surface area (Å²) in [6, 6.07) is 0. The summed E-state index contributed by atoms with van der Waals surface area (Å²) in [4.78, 5) is 0. The molecule has 1 atom stereocenters. The first kappa shape index (κ1) is 15.7. The molecule has 0 aromatic carbocycles. The summed E-state index contributed by atoms with van der Waals surface area (Å²) in [6.45, 7) is 1.98. The predicted octanol–water partition coefficient (Wildman–Crippen LogP) is -1.63. The molecule has 0 aliphatic carbocycles. The Morgan fingerprint density at radius 1 is 1.15 bits per heavy atom. The van der Waals surface area contributed by atoms with E-state index < -0.39 is 8.80 Å². The van der Waals surface area contributed by atoms with Gasteiger partial charge in [-0.05, 0) is 6.42 Å². The molecule has 0 aromatic heterocycles. The molecule has 0 saturated carbocycles. The summed E-state index contributed by atoms with van der Waals surface area (Å²) < 4.78 is 15.5. The Labute approximate surface area is 84.6 Å². The zero-order valence-corrected chi connectivity index (χ0v) is 12.2. The van der Waals surface area contributed by atoms with Gasteiger partial charge in [0.15, 0.2) is 0 Å². The summed E-state index contributed by atoms with van der Waals surface area (Å²) in [5.41, 5.74) is 5.63. The normalized spacial score (nSPS) is 13.4. The molecule has 0 spiro atoms. The number of hydrogen-bond donors (Lipinski definition) is 2. The van der Waals surface area contributed by atoms with E-state index in [1.165, 1.54) is 0 Å². The average molecular weight is 226 g/mol. The number of nitrogens with two attached hydrogens (primary N) is 2. The molecule has 0 saturated heterocycles. The van der Waals surface area contributed by atoms with Gasteiger partial charge in [-0.2, -0.15) is 0 Å². The van der Waals surface area contributed by atoms with E-state index in [9.17, 15) is 0 Å². The van der Waals surface area contributed by atoms with Gasteiger partial charge in [-0.3, -0.25) is 0 Å². The summed E-state index contributed by atoms with van der Waals surface area (Å²) in [6.07, 6.45) is 0.793. The van der Waals surface area contributed by atoms with Crippen molar-refractivity contribution < 1.29 is 13.3 Å². The van der Waals surface area contributed by atoms with Crippen molar-refractivity contribution in [3.8, 4) is 0 Å². The highest BCUT2D eigenvalue weighted by Crippen LogP contribution is 2.11. The van der Waals surface area contributed by atoms with Crippen LogP contribution < -0.4 is 11.1 Å². The third-order valence-electron chi connectivity index (χ3n) is 1.75. The van der Waals surface area contributed by atoms with Crippen molar-refractivity contribution in [3.05, 3.63) is 0 Å². The van der Waals surface area contributed by atoms with Gasteiger partial charge in [0.25, 0.3) is 0 Å². The Morgan fingerprint density at radius 3 is 1.54 bits per heavy atom. The van der Waals surface area contributed by atoms with Gasteiger partial charge in [0.1, 0.15) is 0 Å². The molecule has 7 heteroatoms. The Morgan fingerprint density at radius 2 is 1.46 bits per heavy atom. The molecule has 0 aliphatic heterocycles. The molecule has 1 unspecified atom stereocenters. The average Bonchev–Trinajstić information content (AvgIpc) is 2.24. The van der Waals surface area contributed by atoms with Gasteiger partial charge >= 0.3 is 8.80 Å². The van der Waals surface area contributed by atoms with Crippen molar-refractivity contribution >= 4 is 19.2 Å². The molecule has 0 rings (SSSR count). The topological polar surface area (TPSA) is 79.7 Å². The molecule has 0 aromatic rings. The molecule has 5 nitrogen and oxygen atoms in total. The Balaban J connectivity index is 0. The lowest BCUT2D eigenvalue weighted by molar-refractivity contribution is 0.112. The van der Waals surface area contributed by atoms with E-state index in [1.807, 2.05) is 6.92 Å². The minimum absolute atomic E-state index is 0.137. The molecule has 13 heavy (non-hydrogen) atoms. The summed E-state index contributed by atoms with van der Waals surface area (Å²) >= 11 is 0. The Hall–Kier alpha value is 0.234. The van der Waals surface area contributed by atoms with Crippen LogP contribution in [0.15, 0.2) is 0 Å². The first-order valence-corrected chi connectivity index (χ1v) is 7.11. The van der Waals surface area contributed by atoms with Gasteiger partial charge in [-0.15, -0.1) is 0 Å². The van der Waals surface area contributed by atoms with E-state index in [-0.39, 0.29) is 5.67 Å². The summed E-state index contributed by atoms with van der Waals surface area (Å²) in [5, 5.41) is 4.64. The smallest absolute Gasteiger partial charge is 0.376 e. The first-order valence-electron chi connectivity index (χ1n) is 4.15. The van der Waals surface area contributed by atoms with Crippen molar-refractivity contribution in [2.24, 2.45) is 11.1 Å². The van der Waals surface area contributed by atoms with Crippen molar-refractivity contribution in [1.82, 2.24) is 0 Å². The lowest BCUT2D eigenvalue weighted by Gasteiger charge is -2.28. The summed E-state index contributed by atoms with van der Waals surface area (Å²) in [5.74, 6) is 0. The maximum absolute atomic E-state index is 5.77. The van der Waals surface area contributed by atoms with Crippen LogP contribution in [0.5, 0.6) is 0 Å². The maximum Gasteiger partial charge on any atom is 0.517 e. The lowest BCUT2D eigenvalue weighted by Crippen LogP contribution is -2.58. The van der Waals surface area contributed by atoms with Crippen LogP contribution in [-0.2, 0) is 13.3 Å². The fraction of sp³-hybridized carbons (Fsp3) is 1.00. The van der Waals surface area contributed by atoms with Crippen LogP contribution in [-0.4, -0.2) is 46.2 Å². The van der Waals surface area contributed by atoms with E-state index in [0.717, 1.165) is 16.8 Å². The van der Waals surface area contributed by atoms with Crippen LogP contribution in [0.4, 0.5) is 0 Å². The minimum atomic E-state index is -2.54. The Bertz CT molecular complexity index is 106. The maximum atomic E-state index is 5.77. The van der Waals surface area contributed by atoms with Gasteiger partial charge in [0.2, 0.25) is 0 Å². The highest BCUT2D eigenvalue weighted by Gasteiger charge is 2.44. The van der Waals surface area contributed by atoms with Gasteiger partial charge in [0.05, 0.1) is 16.1 Å². The molecule has 0 amide bonds. The standard InChI is InChI=1S/C6H17NO3Si.H5NSi/c1-5-6(7)11(8-2,9-3)10-4;1-2/h6H,5,7H2,1-4H3;1H2,2H3. The molecular weight excluding hydrogens is 204 g/mol. The summed E-state index contributed by atoms with van der Waals surface area (Å²) in [7, 11) is 2.96. The molecule has 0 bridgehead atoms. The SMILES string of the molecule is CCC(N)[Si](OC)(OC)OC.N[SiH3]. The van der Waals surface area contributed by atoms with Crippen molar-refractivity contribution in [2.75, 3.05) is 21.3 Å². The highest BCUT2D eigenvalue weighted by molar-refractivity contribution is 6.62. The van der Waals surface area contributed by atoms with E-state index >= 15 is 0 Å². The third-order valence-corrected chi connectivity index (χ3v) is 4.77. The van der Waals surface area contributed by atoms with E-state index in [4.69, 9.17) is 19.0 Å². The van der Waals surface area contributed by atoms with Gasteiger partial charge < -0.3 is 24.4 Å². The largest absolute Gasteiger partial charge is 0.517 e. The number of rotatable bonds is 5. The molecule has 4 N–H and O–H groups in total. The highest BCUT2D eigenvalue weighted by atomic mass is 28.4. The molecule has 0 aliphatic rings. The van der Waals surface area contributed by atoms with E-state index in [0.29, 0.717) is 0 Å². The molecule has 0 fully saturated rings. The predicted molar refractivity (Wildman–Crippen MR) is 59.2 cm³/mol. The second-order valence-corrected chi connectivity index (χ2v) is 5.40. The molecule has 0 radical (unpaired) electrons. The van der Waals surface area contributed by atoms with E-state index in [2.05, 4.69) is 5.40 Å². The van der Waals surface area contributed by atoms with Gasteiger partial charge in [0, 0.05) is 21.3 Å². The van der Waals surface area contributed by atoms with Crippen molar-refractivity contribution in [2.45, 2.75) is 19.0 Å². The number of hydrogen-bond acceptors (Lipinski definition) is 5. The van der Waals surface area contributed by atoms with Crippen LogP contribution in [0.3, 0.4) is 0 Å². The van der Waals surface area contributed by atoms with Crippen LogP contribution in [0.2, 0.25) is 0 Å². The van der Waals surface area contributed by atoms with E-state index in [1.54, 1.807) is 21.3 Å². The van der Waals surface area contributed by atoms with Crippen LogP contribution in [0.1, 0.15) is 13.3 Å². The van der Waals surface area contributed by atoms with Crippen molar-refractivity contribution in [3.63, 3.8) is 0 Å². The zero-order valence-electron chi connectivity index (χ0n) is 9.16. The van der Waals surface area contributed by atoms with Gasteiger partial charge in [-0.25, -0.2) is 0 Å². The molecule has 82 valence electrons. The second kappa shape index (κ2) is 8.82. The Kier molecular flexibility index (Phi) is 10.6. The minimum Gasteiger partial charge on any atom is -0.376 e. The molecule has 0 heterocycles. The fourth-order valence-electron chi connectivity index (χ4n) is 0.954. The van der Waals surface area contributed by atoms with Crippen LogP contribution >= 0.6 is 0 Å². The third kappa shape index (κ3) is 4.31. The fourth-order valence-corrected chi connectivity index (χ4v) is 2.86. The van der Waals surface area contributed by atoms with Crippen LogP contribution in [0, 0.1) is 0 Å². The quantitative estimate of drug-likeness (QED) is 0.550. The molecular formula is C6H22N2O3Si2. The monoisotopic (exact) mass is 226 g/mol.